The van der Waals surface area contributed by atoms with Crippen LogP contribution in [0.4, 0.5) is 10.6 Å². The van der Waals surface area contributed by atoms with Crippen molar-refractivity contribution in [2.75, 3.05) is 5.32 Å². The lowest BCUT2D eigenvalue weighted by Crippen LogP contribution is -2.14. The molecule has 0 spiro atoms. The zero-order valence-corrected chi connectivity index (χ0v) is 13.1. The first-order valence-corrected chi connectivity index (χ1v) is 7.42. The van der Waals surface area contributed by atoms with E-state index in [1.165, 1.54) is 0 Å². The molecular weight excluding hydrogens is 381 g/mol. The standard InChI is InChI=1S/C15H12IN3O2/c16-11-7-4-8-12-13(11)14(19-18-12)17-15(20)21-9-10-5-2-1-3-6-10/h1-8H,9H2,(H2,17,18,19,20). The van der Waals surface area contributed by atoms with Crippen LogP contribution >= 0.6 is 22.6 Å². The molecule has 0 unspecified atom stereocenters. The van der Waals surface area contributed by atoms with Crippen LogP contribution in [0.5, 0.6) is 0 Å². The Kier molecular flexibility index (Phi) is 4.05. The molecule has 1 heterocycles. The van der Waals surface area contributed by atoms with Gasteiger partial charge in [-0.25, -0.2) is 4.79 Å². The van der Waals surface area contributed by atoms with Crippen LogP contribution in [0.2, 0.25) is 0 Å². The summed E-state index contributed by atoms with van der Waals surface area (Å²) in [6, 6.07) is 15.3. The van der Waals surface area contributed by atoms with Crippen molar-refractivity contribution in [3.63, 3.8) is 0 Å². The molecule has 0 aliphatic carbocycles. The molecule has 1 amide bonds. The third-order valence-corrected chi connectivity index (χ3v) is 3.87. The zero-order valence-electron chi connectivity index (χ0n) is 11.0. The molecular formula is C15H12IN3O2. The highest BCUT2D eigenvalue weighted by molar-refractivity contribution is 14.1. The Morgan fingerprint density at radius 3 is 2.81 bits per heavy atom. The number of carbonyl (C=O) groups excluding carboxylic acids is 1. The van der Waals surface area contributed by atoms with Crippen LogP contribution in [-0.2, 0) is 11.3 Å². The summed E-state index contributed by atoms with van der Waals surface area (Å²) in [5.41, 5.74) is 1.81. The summed E-state index contributed by atoms with van der Waals surface area (Å²) in [5, 5.41) is 10.5. The van der Waals surface area contributed by atoms with Crippen LogP contribution in [-0.4, -0.2) is 16.3 Å². The van der Waals surface area contributed by atoms with Gasteiger partial charge in [0.2, 0.25) is 0 Å². The van der Waals surface area contributed by atoms with Gasteiger partial charge in [-0.15, -0.1) is 0 Å². The summed E-state index contributed by atoms with van der Waals surface area (Å²) in [6.07, 6.45) is -0.521. The number of H-pyrrole nitrogens is 1. The summed E-state index contributed by atoms with van der Waals surface area (Å²) >= 11 is 2.21. The highest BCUT2D eigenvalue weighted by Crippen LogP contribution is 2.25. The molecule has 1 aromatic heterocycles. The van der Waals surface area contributed by atoms with Crippen LogP contribution in [0, 0.1) is 3.57 Å². The number of carbonyl (C=O) groups is 1. The van der Waals surface area contributed by atoms with E-state index in [4.69, 9.17) is 4.74 Å². The quantitative estimate of drug-likeness (QED) is 0.663. The Balaban J connectivity index is 1.69. The van der Waals surface area contributed by atoms with Gasteiger partial charge in [0.25, 0.3) is 0 Å². The number of rotatable bonds is 3. The minimum Gasteiger partial charge on any atom is -0.444 e. The maximum absolute atomic E-state index is 11.8. The molecule has 0 saturated carbocycles. The number of benzene rings is 2. The highest BCUT2D eigenvalue weighted by atomic mass is 127. The molecule has 2 aromatic carbocycles. The molecule has 0 bridgehead atoms. The van der Waals surface area contributed by atoms with Gasteiger partial charge < -0.3 is 4.74 Å². The van der Waals surface area contributed by atoms with Gasteiger partial charge >= 0.3 is 6.09 Å². The second kappa shape index (κ2) is 6.13. The van der Waals surface area contributed by atoms with Gasteiger partial charge in [0.1, 0.15) is 6.61 Å². The van der Waals surface area contributed by atoms with Crippen molar-refractivity contribution < 1.29 is 9.53 Å². The fraction of sp³-hybridized carbons (Fsp3) is 0.0667. The number of nitrogens with zero attached hydrogens (tertiary/aromatic N) is 1. The number of amides is 1. The van der Waals surface area contributed by atoms with E-state index >= 15 is 0 Å². The van der Waals surface area contributed by atoms with Crippen molar-refractivity contribution >= 4 is 45.4 Å². The molecule has 5 nitrogen and oxygen atoms in total. The van der Waals surface area contributed by atoms with Gasteiger partial charge in [-0.05, 0) is 40.3 Å². The van der Waals surface area contributed by atoms with Crippen molar-refractivity contribution in [3.8, 4) is 0 Å². The lowest BCUT2D eigenvalue weighted by molar-refractivity contribution is 0.155. The molecule has 3 aromatic rings. The fourth-order valence-corrected chi connectivity index (χ4v) is 2.73. The van der Waals surface area contributed by atoms with Crippen LogP contribution < -0.4 is 5.32 Å². The van der Waals surface area contributed by atoms with E-state index in [2.05, 4.69) is 38.1 Å². The molecule has 0 saturated heterocycles. The number of anilines is 1. The van der Waals surface area contributed by atoms with Crippen molar-refractivity contribution in [3.05, 3.63) is 57.7 Å². The molecule has 2 N–H and O–H groups in total. The minimum absolute atomic E-state index is 0.228. The van der Waals surface area contributed by atoms with E-state index in [9.17, 15) is 4.79 Å². The number of aromatic nitrogens is 2. The summed E-state index contributed by atoms with van der Waals surface area (Å²) < 4.78 is 6.20. The maximum atomic E-state index is 11.8. The molecule has 0 radical (unpaired) electrons. The smallest absolute Gasteiger partial charge is 0.413 e. The van der Waals surface area contributed by atoms with Gasteiger partial charge in [0.05, 0.1) is 10.9 Å². The number of aromatic amines is 1. The van der Waals surface area contributed by atoms with Crippen LogP contribution in [0.1, 0.15) is 5.56 Å². The highest BCUT2D eigenvalue weighted by Gasteiger charge is 2.12. The van der Waals surface area contributed by atoms with Gasteiger partial charge in [-0.2, -0.15) is 5.10 Å². The van der Waals surface area contributed by atoms with Crippen molar-refractivity contribution in [1.82, 2.24) is 10.2 Å². The normalized spacial score (nSPS) is 10.5. The van der Waals surface area contributed by atoms with E-state index in [1.807, 2.05) is 48.5 Å². The molecule has 0 atom stereocenters. The van der Waals surface area contributed by atoms with Crippen molar-refractivity contribution in [2.24, 2.45) is 0 Å². The third-order valence-electron chi connectivity index (χ3n) is 2.97. The van der Waals surface area contributed by atoms with Crippen LogP contribution in [0.3, 0.4) is 0 Å². The van der Waals surface area contributed by atoms with Gasteiger partial charge in [-0.1, -0.05) is 36.4 Å². The van der Waals surface area contributed by atoms with Crippen LogP contribution in [0.25, 0.3) is 10.9 Å². The average Bonchev–Trinajstić information content (AvgIpc) is 2.91. The molecule has 0 fully saturated rings. The Morgan fingerprint density at radius 1 is 1.19 bits per heavy atom. The molecule has 0 aliphatic rings. The zero-order chi connectivity index (χ0) is 14.7. The first-order chi connectivity index (χ1) is 10.2. The Hall–Kier alpha value is -2.09. The average molecular weight is 393 g/mol. The number of ether oxygens (including phenoxy) is 1. The lowest BCUT2D eigenvalue weighted by atomic mass is 10.2. The number of halogens is 1. The topological polar surface area (TPSA) is 67.0 Å². The van der Waals surface area contributed by atoms with E-state index in [0.29, 0.717) is 5.82 Å². The number of nitrogens with one attached hydrogen (secondary N) is 2. The summed E-state index contributed by atoms with van der Waals surface area (Å²) in [4.78, 5) is 11.8. The minimum atomic E-state index is -0.521. The largest absolute Gasteiger partial charge is 0.444 e. The predicted octanol–water partition coefficient (Wildman–Crippen LogP) is 3.92. The van der Waals surface area contributed by atoms with Gasteiger partial charge in [-0.3, -0.25) is 10.4 Å². The predicted molar refractivity (Wildman–Crippen MR) is 89.1 cm³/mol. The monoisotopic (exact) mass is 393 g/mol. The number of hydrogen-bond donors (Lipinski definition) is 2. The first-order valence-electron chi connectivity index (χ1n) is 6.34. The number of fused-ring (bicyclic) bond motifs is 1. The molecule has 21 heavy (non-hydrogen) atoms. The number of hydrogen-bond acceptors (Lipinski definition) is 3. The summed E-state index contributed by atoms with van der Waals surface area (Å²) in [6.45, 7) is 0.228. The second-order valence-electron chi connectivity index (χ2n) is 4.42. The first kappa shape index (κ1) is 13.9. The van der Waals surface area contributed by atoms with Gasteiger partial charge in [0.15, 0.2) is 5.82 Å². The van der Waals surface area contributed by atoms with E-state index in [0.717, 1.165) is 20.0 Å². The molecule has 0 aliphatic heterocycles. The Labute approximate surface area is 134 Å². The van der Waals surface area contributed by atoms with Gasteiger partial charge in [0, 0.05) is 3.57 Å². The maximum Gasteiger partial charge on any atom is 0.413 e. The summed E-state index contributed by atoms with van der Waals surface area (Å²) in [5.74, 6) is 0.480. The van der Waals surface area contributed by atoms with E-state index < -0.39 is 6.09 Å². The summed E-state index contributed by atoms with van der Waals surface area (Å²) in [7, 11) is 0. The molecule has 6 heteroatoms. The second-order valence-corrected chi connectivity index (χ2v) is 5.58. The van der Waals surface area contributed by atoms with Crippen molar-refractivity contribution in [1.29, 1.82) is 0 Å². The van der Waals surface area contributed by atoms with Crippen LogP contribution in [0.15, 0.2) is 48.5 Å². The Morgan fingerprint density at radius 2 is 2.00 bits per heavy atom. The Bertz CT molecular complexity index is 771. The van der Waals surface area contributed by atoms with E-state index in [1.54, 1.807) is 0 Å². The van der Waals surface area contributed by atoms with Crippen molar-refractivity contribution in [2.45, 2.75) is 6.61 Å². The molecule has 106 valence electrons. The van der Waals surface area contributed by atoms with E-state index in [-0.39, 0.29) is 6.61 Å². The lowest BCUT2D eigenvalue weighted by Gasteiger charge is -2.05. The fourth-order valence-electron chi connectivity index (χ4n) is 1.98. The third kappa shape index (κ3) is 3.15. The molecule has 3 rings (SSSR count). The SMILES string of the molecule is O=C(Nc1n[nH]c2cccc(I)c12)OCc1ccccc1.